The number of carbonyl (C=O) groups is 1. The maximum Gasteiger partial charge on any atom is 0.310 e. The lowest BCUT2D eigenvalue weighted by Gasteiger charge is -2.39. The number of anilines is 2. The number of benzene rings is 2. The summed E-state index contributed by atoms with van der Waals surface area (Å²) in [6, 6.07) is 23.2. The van der Waals surface area contributed by atoms with Gasteiger partial charge in [-0.1, -0.05) is 23.2 Å². The fraction of sp³-hybridized carbons (Fsp3) is 0.178. The Morgan fingerprint density at radius 1 is 0.672 bits per heavy atom. The highest BCUT2D eigenvalue weighted by Crippen LogP contribution is 2.38. The predicted octanol–water partition coefficient (Wildman–Crippen LogP) is 9.88. The highest BCUT2D eigenvalue weighted by molar-refractivity contribution is 6.34. The van der Waals surface area contributed by atoms with Crippen molar-refractivity contribution in [2.75, 3.05) is 50.2 Å². The summed E-state index contributed by atoms with van der Waals surface area (Å²) in [7, 11) is 3.20. The molecule has 2 fully saturated rings. The number of carboxylic acids is 1. The van der Waals surface area contributed by atoms with Crippen LogP contribution in [0.4, 0.5) is 20.4 Å². The number of H-pyrrole nitrogens is 2. The molecule has 10 rings (SSSR count). The number of hydrogen-bond acceptors (Lipinski definition) is 9. The van der Waals surface area contributed by atoms with E-state index in [9.17, 15) is 13.6 Å². The third-order valence-corrected chi connectivity index (χ3v) is 11.4. The SMILES string of the molecule is COc1cncc(-c2cc3cc(-c4ccc(N5CC(C(=O)O)C5)nc4)[nH]c3cc2Cl)c1.COc1cncc(-c2cc3cc(-c4ccc(N5CC(F)(F)C5)nc4)[nH]c3cc2Cl)c1. The Bertz CT molecular complexity index is 2910. The average Bonchev–Trinajstić information content (AvgIpc) is 3.85. The van der Waals surface area contributed by atoms with Crippen LogP contribution in [-0.4, -0.2) is 87.3 Å². The second-order valence-corrected chi connectivity index (χ2v) is 15.7. The number of hydrogen-bond donors (Lipinski definition) is 3. The smallest absolute Gasteiger partial charge is 0.310 e. The Hall–Kier alpha value is -6.77. The molecule has 8 aromatic rings. The fourth-order valence-electron chi connectivity index (χ4n) is 7.38. The quantitative estimate of drug-likeness (QED) is 0.128. The van der Waals surface area contributed by atoms with Crippen LogP contribution in [0.2, 0.25) is 10.0 Å². The molecule has 0 amide bonds. The summed E-state index contributed by atoms with van der Waals surface area (Å²) >= 11 is 13.1. The molecule has 3 N–H and O–H groups in total. The molecule has 0 bridgehead atoms. The van der Waals surface area contributed by atoms with Crippen molar-refractivity contribution in [3.05, 3.63) is 120 Å². The third-order valence-electron chi connectivity index (χ3n) is 10.8. The molecule has 0 aliphatic carbocycles. The lowest BCUT2D eigenvalue weighted by molar-refractivity contribution is -0.142. The second-order valence-electron chi connectivity index (χ2n) is 14.9. The first kappa shape index (κ1) is 39.7. The number of aliphatic carboxylic acids is 1. The summed E-state index contributed by atoms with van der Waals surface area (Å²) < 4.78 is 36.7. The number of carboxylic acid groups (broad SMARTS) is 1. The molecule has 8 heterocycles. The van der Waals surface area contributed by atoms with Gasteiger partial charge < -0.3 is 34.3 Å². The van der Waals surface area contributed by atoms with Crippen molar-refractivity contribution in [1.82, 2.24) is 29.9 Å². The lowest BCUT2D eigenvalue weighted by Crippen LogP contribution is -2.56. The molecule has 0 atom stereocenters. The fourth-order valence-corrected chi connectivity index (χ4v) is 7.92. The first-order chi connectivity index (χ1) is 29.4. The van der Waals surface area contributed by atoms with Crippen molar-refractivity contribution in [2.24, 2.45) is 5.92 Å². The van der Waals surface area contributed by atoms with Gasteiger partial charge in [0.2, 0.25) is 0 Å². The van der Waals surface area contributed by atoms with E-state index in [1.165, 1.54) is 0 Å². The van der Waals surface area contributed by atoms with Crippen molar-refractivity contribution in [2.45, 2.75) is 5.92 Å². The molecule has 0 radical (unpaired) electrons. The number of halogens is 4. The van der Waals surface area contributed by atoms with Crippen molar-refractivity contribution in [3.63, 3.8) is 0 Å². The number of aromatic nitrogens is 6. The molecule has 61 heavy (non-hydrogen) atoms. The zero-order valence-corrected chi connectivity index (χ0v) is 34.2. The van der Waals surface area contributed by atoms with E-state index in [-0.39, 0.29) is 19.0 Å². The van der Waals surface area contributed by atoms with E-state index < -0.39 is 11.9 Å². The van der Waals surface area contributed by atoms with Crippen molar-refractivity contribution in [1.29, 1.82) is 0 Å². The number of fused-ring (bicyclic) bond motifs is 2. The van der Waals surface area contributed by atoms with E-state index in [0.717, 1.165) is 72.4 Å². The first-order valence-electron chi connectivity index (χ1n) is 19.1. The molecule has 0 saturated carbocycles. The molecule has 0 spiro atoms. The van der Waals surface area contributed by atoms with Crippen LogP contribution in [0.1, 0.15) is 0 Å². The number of pyridine rings is 4. The Morgan fingerprint density at radius 3 is 1.56 bits per heavy atom. The van der Waals surface area contributed by atoms with Gasteiger partial charge in [0.25, 0.3) is 5.92 Å². The van der Waals surface area contributed by atoms with Crippen LogP contribution in [0.3, 0.4) is 0 Å². The largest absolute Gasteiger partial charge is 0.495 e. The predicted molar refractivity (Wildman–Crippen MR) is 233 cm³/mol. The van der Waals surface area contributed by atoms with Crippen molar-refractivity contribution in [3.8, 4) is 56.3 Å². The number of aromatic amines is 2. The van der Waals surface area contributed by atoms with Gasteiger partial charge in [0.1, 0.15) is 23.1 Å². The highest BCUT2D eigenvalue weighted by atomic mass is 35.5. The van der Waals surface area contributed by atoms with Gasteiger partial charge in [-0.05, 0) is 72.8 Å². The van der Waals surface area contributed by atoms with Crippen LogP contribution in [-0.2, 0) is 4.79 Å². The first-order valence-corrected chi connectivity index (χ1v) is 19.9. The van der Waals surface area contributed by atoms with Gasteiger partial charge in [-0.3, -0.25) is 14.8 Å². The molecular weight excluding hydrogens is 825 g/mol. The average molecular weight is 862 g/mol. The van der Waals surface area contributed by atoms with E-state index in [2.05, 4.69) is 36.0 Å². The molecule has 2 aliphatic rings. The van der Waals surface area contributed by atoms with Crippen LogP contribution >= 0.6 is 23.2 Å². The number of rotatable bonds is 9. The van der Waals surface area contributed by atoms with Crippen LogP contribution in [0, 0.1) is 5.92 Å². The highest BCUT2D eigenvalue weighted by Gasteiger charge is 2.44. The molecule has 16 heteroatoms. The number of nitrogens with one attached hydrogen (secondary N) is 2. The van der Waals surface area contributed by atoms with Gasteiger partial charge in [0.15, 0.2) is 0 Å². The van der Waals surface area contributed by atoms with E-state index in [4.69, 9.17) is 37.8 Å². The van der Waals surface area contributed by atoms with E-state index in [1.807, 2.05) is 65.6 Å². The number of methoxy groups -OCH3 is 2. The number of alkyl halides is 2. The molecule has 12 nitrogen and oxygen atoms in total. The monoisotopic (exact) mass is 860 g/mol. The maximum absolute atomic E-state index is 13.1. The minimum Gasteiger partial charge on any atom is -0.495 e. The van der Waals surface area contributed by atoms with Gasteiger partial charge in [0, 0.05) is 104 Å². The van der Waals surface area contributed by atoms with Gasteiger partial charge in [-0.15, -0.1) is 0 Å². The van der Waals surface area contributed by atoms with Crippen LogP contribution in [0.15, 0.2) is 110 Å². The Morgan fingerprint density at radius 2 is 1.15 bits per heavy atom. The third kappa shape index (κ3) is 8.11. The summed E-state index contributed by atoms with van der Waals surface area (Å²) in [6.07, 6.45) is 10.3. The Balaban J connectivity index is 0.000000156. The molecule has 2 aromatic carbocycles. The molecule has 2 saturated heterocycles. The van der Waals surface area contributed by atoms with E-state index in [0.29, 0.717) is 40.5 Å². The Kier molecular flexibility index (Phi) is 10.4. The lowest BCUT2D eigenvalue weighted by atomic mass is 10.0. The minimum absolute atomic E-state index is 0.286. The second kappa shape index (κ2) is 16.0. The Labute approximate surface area is 357 Å². The normalized spacial score (nSPS) is 14.6. The van der Waals surface area contributed by atoms with Crippen LogP contribution in [0.25, 0.3) is 66.6 Å². The summed E-state index contributed by atoms with van der Waals surface area (Å²) in [5, 5.41) is 12.2. The van der Waals surface area contributed by atoms with Gasteiger partial charge >= 0.3 is 5.97 Å². The van der Waals surface area contributed by atoms with E-state index in [1.54, 1.807) is 62.4 Å². The standard InChI is InChI=1S/C23H19ClN4O3.C22H17ClF2N4O/c1-31-17-4-15(8-25-10-17)18-5-14-6-20(27-21(14)7-19(18)24)13-2-3-22(26-9-13)28-11-16(12-28)23(29)30;1-30-16-4-15(8-26-10-16)17-5-14-6-19(28-20(14)7-18(17)23)13-2-3-21(27-9-13)29-11-22(24,25)12-29/h2-10,16,27H,11-12H2,1H3,(H,29,30);2-10,28H,11-12H2,1H3. The molecule has 2 aliphatic heterocycles. The van der Waals surface area contributed by atoms with Crippen LogP contribution < -0.4 is 19.3 Å². The maximum atomic E-state index is 13.1. The van der Waals surface area contributed by atoms with E-state index >= 15 is 0 Å². The summed E-state index contributed by atoms with van der Waals surface area (Å²) in [5.41, 5.74) is 8.90. The summed E-state index contributed by atoms with van der Waals surface area (Å²) in [6.45, 7) is 0.418. The summed E-state index contributed by atoms with van der Waals surface area (Å²) in [4.78, 5) is 38.5. The molecular formula is C45H36Cl2F2N8O4. The van der Waals surface area contributed by atoms with Crippen molar-refractivity contribution >= 4 is 62.6 Å². The van der Waals surface area contributed by atoms with Gasteiger partial charge in [-0.2, -0.15) is 0 Å². The topological polar surface area (TPSA) is 145 Å². The number of ether oxygens (including phenoxy) is 2. The molecule has 0 unspecified atom stereocenters. The minimum atomic E-state index is -2.62. The number of nitrogens with zero attached hydrogens (tertiary/aromatic N) is 6. The molecule has 6 aromatic heterocycles. The van der Waals surface area contributed by atoms with Crippen LogP contribution in [0.5, 0.6) is 11.5 Å². The summed E-state index contributed by atoms with van der Waals surface area (Å²) in [5.74, 6) is -1.02. The van der Waals surface area contributed by atoms with Crippen molar-refractivity contribution < 1.29 is 28.2 Å². The van der Waals surface area contributed by atoms with Gasteiger partial charge in [0.05, 0.1) is 55.7 Å². The zero-order valence-electron chi connectivity index (χ0n) is 32.7. The molecule has 308 valence electrons. The van der Waals surface area contributed by atoms with Gasteiger partial charge in [-0.25, -0.2) is 18.7 Å². The zero-order chi connectivity index (χ0) is 42.4.